The predicted octanol–water partition coefficient (Wildman–Crippen LogP) is -4.95. The van der Waals surface area contributed by atoms with Gasteiger partial charge in [0.2, 0.25) is 0 Å². The molecule has 1 atom stereocenters. The van der Waals surface area contributed by atoms with Gasteiger partial charge in [0.25, 0.3) is 0 Å². The minimum atomic E-state index is -1.61. The Kier molecular flexibility index (Phi) is 10.2. The number of ether oxygens (including phenoxy) is 1. The standard InChI is InChI=1S/C6H10O5.K/c1-2-11-6(10)4(7)3-5(8)9;/h4,7H,2-3H2,1H3,(H,8,9);/q;+1/p-1. The molecule has 64 valence electrons. The minimum absolute atomic E-state index is 0. The summed E-state index contributed by atoms with van der Waals surface area (Å²) in [6.45, 7) is 1.67. The van der Waals surface area contributed by atoms with Gasteiger partial charge in [0, 0.05) is 12.4 Å². The van der Waals surface area contributed by atoms with Gasteiger partial charge in [-0.1, -0.05) is 0 Å². The molecule has 0 fully saturated rings. The summed E-state index contributed by atoms with van der Waals surface area (Å²) in [6, 6.07) is 0. The molecule has 0 bridgehead atoms. The zero-order valence-corrected chi connectivity index (χ0v) is 10.2. The van der Waals surface area contributed by atoms with Crippen LogP contribution in [0, 0.1) is 0 Å². The quantitative estimate of drug-likeness (QED) is 0.363. The van der Waals surface area contributed by atoms with E-state index in [1.165, 1.54) is 0 Å². The second-order valence-corrected chi connectivity index (χ2v) is 1.84. The number of rotatable bonds is 4. The van der Waals surface area contributed by atoms with Crippen molar-refractivity contribution in [2.75, 3.05) is 6.61 Å². The van der Waals surface area contributed by atoms with Crippen molar-refractivity contribution < 1.29 is 75.9 Å². The first-order valence-corrected chi connectivity index (χ1v) is 3.12. The van der Waals surface area contributed by atoms with Gasteiger partial charge in [0.1, 0.15) is 0 Å². The first-order chi connectivity index (χ1) is 5.07. The number of aliphatic carboxylic acids is 1. The Morgan fingerprint density at radius 2 is 2.08 bits per heavy atom. The Balaban J connectivity index is 0. The minimum Gasteiger partial charge on any atom is -0.550 e. The summed E-state index contributed by atoms with van der Waals surface area (Å²) in [5.41, 5.74) is 0. The number of carbonyl (C=O) groups is 2. The van der Waals surface area contributed by atoms with Gasteiger partial charge in [-0.05, 0) is 6.92 Å². The van der Waals surface area contributed by atoms with Crippen molar-refractivity contribution in [3.63, 3.8) is 0 Å². The third-order valence-electron chi connectivity index (χ3n) is 0.919. The van der Waals surface area contributed by atoms with Gasteiger partial charge in [-0.3, -0.25) is 0 Å². The van der Waals surface area contributed by atoms with E-state index in [1.54, 1.807) is 6.92 Å². The van der Waals surface area contributed by atoms with Crippen LogP contribution in [0.5, 0.6) is 0 Å². The van der Waals surface area contributed by atoms with E-state index in [4.69, 9.17) is 5.11 Å². The van der Waals surface area contributed by atoms with Crippen LogP contribution in [-0.4, -0.2) is 29.8 Å². The average molecular weight is 200 g/mol. The van der Waals surface area contributed by atoms with Crippen LogP contribution in [0.25, 0.3) is 0 Å². The SMILES string of the molecule is CCOC(=O)C(O)CC(=O)[O-].[K+]. The molecule has 0 rings (SSSR count). The van der Waals surface area contributed by atoms with E-state index in [2.05, 4.69) is 4.74 Å². The Morgan fingerprint density at radius 1 is 1.58 bits per heavy atom. The topological polar surface area (TPSA) is 86.7 Å². The van der Waals surface area contributed by atoms with Gasteiger partial charge >= 0.3 is 57.4 Å². The third-order valence-corrected chi connectivity index (χ3v) is 0.919. The fourth-order valence-electron chi connectivity index (χ4n) is 0.480. The second-order valence-electron chi connectivity index (χ2n) is 1.84. The van der Waals surface area contributed by atoms with Crippen LogP contribution < -0.4 is 56.5 Å². The van der Waals surface area contributed by atoms with Crippen molar-refractivity contribution in [3.05, 3.63) is 0 Å². The number of hydrogen-bond acceptors (Lipinski definition) is 5. The van der Waals surface area contributed by atoms with Crippen molar-refractivity contribution in [1.29, 1.82) is 0 Å². The van der Waals surface area contributed by atoms with Crippen LogP contribution in [-0.2, 0) is 14.3 Å². The van der Waals surface area contributed by atoms with Crippen molar-refractivity contribution in [2.45, 2.75) is 19.4 Å². The monoisotopic (exact) mass is 200 g/mol. The molecule has 0 aliphatic heterocycles. The molecule has 0 heterocycles. The molecule has 0 amide bonds. The van der Waals surface area contributed by atoms with Gasteiger partial charge in [0.05, 0.1) is 6.61 Å². The molecule has 6 heteroatoms. The Labute approximate surface area is 113 Å². The summed E-state index contributed by atoms with van der Waals surface area (Å²) < 4.78 is 4.32. The van der Waals surface area contributed by atoms with Gasteiger partial charge in [-0.15, -0.1) is 0 Å². The second kappa shape index (κ2) is 8.15. The zero-order chi connectivity index (χ0) is 8.85. The first-order valence-electron chi connectivity index (χ1n) is 3.12. The van der Waals surface area contributed by atoms with Crippen molar-refractivity contribution in [3.8, 4) is 0 Å². The molecule has 0 aromatic heterocycles. The molecule has 0 spiro atoms. The summed E-state index contributed by atoms with van der Waals surface area (Å²) in [5.74, 6) is -2.41. The third kappa shape index (κ3) is 7.20. The number of carboxylic acids is 1. The summed E-state index contributed by atoms with van der Waals surface area (Å²) in [5, 5.41) is 18.6. The molecule has 0 aliphatic rings. The van der Waals surface area contributed by atoms with E-state index in [0.717, 1.165) is 0 Å². The maximum absolute atomic E-state index is 10.5. The molecule has 0 aromatic rings. The summed E-state index contributed by atoms with van der Waals surface area (Å²) in [6.07, 6.45) is -2.33. The van der Waals surface area contributed by atoms with Crippen LogP contribution in [0.3, 0.4) is 0 Å². The van der Waals surface area contributed by atoms with Crippen molar-refractivity contribution in [1.82, 2.24) is 0 Å². The number of carboxylic acid groups (broad SMARTS) is 1. The largest absolute Gasteiger partial charge is 1.00 e. The fraction of sp³-hybridized carbons (Fsp3) is 0.667. The molecule has 0 aromatic carbocycles. The van der Waals surface area contributed by atoms with E-state index < -0.39 is 24.5 Å². The van der Waals surface area contributed by atoms with Crippen LogP contribution in [0.2, 0.25) is 0 Å². The number of aliphatic hydroxyl groups excluding tert-OH is 1. The molecule has 12 heavy (non-hydrogen) atoms. The Hall–Kier alpha value is 0.536. The van der Waals surface area contributed by atoms with Gasteiger partial charge in [0.15, 0.2) is 6.10 Å². The van der Waals surface area contributed by atoms with E-state index in [-0.39, 0.29) is 58.0 Å². The predicted molar refractivity (Wildman–Crippen MR) is 32.3 cm³/mol. The van der Waals surface area contributed by atoms with Crippen molar-refractivity contribution in [2.24, 2.45) is 0 Å². The number of hydrogen-bond donors (Lipinski definition) is 1. The summed E-state index contributed by atoms with van der Waals surface area (Å²) >= 11 is 0. The molecule has 0 radical (unpaired) electrons. The maximum atomic E-state index is 10.5. The first kappa shape index (κ1) is 15.0. The summed E-state index contributed by atoms with van der Waals surface area (Å²) in [7, 11) is 0. The molecule has 1 unspecified atom stereocenters. The molecule has 5 nitrogen and oxygen atoms in total. The smallest absolute Gasteiger partial charge is 0.550 e. The van der Waals surface area contributed by atoms with Crippen LogP contribution in [0.4, 0.5) is 0 Å². The van der Waals surface area contributed by atoms with E-state index >= 15 is 0 Å². The number of carbonyl (C=O) groups excluding carboxylic acids is 2. The summed E-state index contributed by atoms with van der Waals surface area (Å²) in [4.78, 5) is 20.4. The molecule has 0 saturated carbocycles. The normalized spacial score (nSPS) is 11.2. The van der Waals surface area contributed by atoms with Crippen molar-refractivity contribution >= 4 is 11.9 Å². The Bertz CT molecular complexity index is 158. The average Bonchev–Trinajstić information content (AvgIpc) is 1.86. The molecular formula is C6H9KO5. The molecular weight excluding hydrogens is 191 g/mol. The maximum Gasteiger partial charge on any atom is 1.00 e. The van der Waals surface area contributed by atoms with E-state index in [0.29, 0.717) is 0 Å². The molecule has 0 aliphatic carbocycles. The van der Waals surface area contributed by atoms with Crippen LogP contribution in [0.15, 0.2) is 0 Å². The number of aliphatic hydroxyl groups is 1. The fourth-order valence-corrected chi connectivity index (χ4v) is 0.480. The van der Waals surface area contributed by atoms with E-state index in [1.807, 2.05) is 0 Å². The van der Waals surface area contributed by atoms with Crippen LogP contribution in [0.1, 0.15) is 13.3 Å². The zero-order valence-electron chi connectivity index (χ0n) is 7.07. The van der Waals surface area contributed by atoms with Gasteiger partial charge in [-0.25, -0.2) is 4.79 Å². The molecule has 1 N–H and O–H groups in total. The van der Waals surface area contributed by atoms with Crippen LogP contribution >= 0.6 is 0 Å². The van der Waals surface area contributed by atoms with Gasteiger partial charge < -0.3 is 19.7 Å². The van der Waals surface area contributed by atoms with E-state index in [9.17, 15) is 14.7 Å². The van der Waals surface area contributed by atoms with Gasteiger partial charge in [-0.2, -0.15) is 0 Å². The number of esters is 1. The Morgan fingerprint density at radius 3 is 2.42 bits per heavy atom. The molecule has 0 saturated heterocycles.